The molecule has 0 fully saturated rings. The average molecular weight is 251 g/mol. The van der Waals surface area contributed by atoms with Gasteiger partial charge in [-0.2, -0.15) is 8.42 Å². The number of rotatable bonds is 4. The van der Waals surface area contributed by atoms with Crippen LogP contribution in [0.1, 0.15) is 5.56 Å². The lowest BCUT2D eigenvalue weighted by atomic mass is 10.1. The summed E-state index contributed by atoms with van der Waals surface area (Å²) in [5.41, 5.74) is -1.17. The topological polar surface area (TPSA) is 74.6 Å². The average Bonchev–Trinajstić information content (AvgIpc) is 2.16. The van der Waals surface area contributed by atoms with Gasteiger partial charge in [0, 0.05) is 0 Å². The van der Waals surface area contributed by atoms with Gasteiger partial charge in [0.15, 0.2) is 5.44 Å². The van der Waals surface area contributed by atoms with Crippen LogP contribution < -0.4 is 0 Å². The van der Waals surface area contributed by atoms with Crippen molar-refractivity contribution in [3.8, 4) is 0 Å². The molecule has 1 aromatic carbocycles. The van der Waals surface area contributed by atoms with Crippen LogP contribution in [0.4, 0.5) is 0 Å². The third-order valence-electron chi connectivity index (χ3n) is 1.89. The van der Waals surface area contributed by atoms with Gasteiger partial charge in [-0.05, 0) is 12.0 Å². The fourth-order valence-electron chi connectivity index (χ4n) is 1.13. The predicted octanol–water partition coefficient (Wildman–Crippen LogP) is 1.04. The molecule has 84 valence electrons. The summed E-state index contributed by atoms with van der Waals surface area (Å²) < 4.78 is 29.7. The molecular weight excluding hydrogens is 240 g/mol. The van der Waals surface area contributed by atoms with Gasteiger partial charge in [-0.25, -0.2) is 0 Å². The quantitative estimate of drug-likeness (QED) is 0.619. The van der Waals surface area contributed by atoms with E-state index in [1.54, 1.807) is 24.3 Å². The highest BCUT2D eigenvalue weighted by atomic mass is 35.5. The fourth-order valence-corrected chi connectivity index (χ4v) is 2.16. The molecule has 2 atom stereocenters. The number of aliphatic hydroxyl groups is 1. The van der Waals surface area contributed by atoms with E-state index in [1.807, 2.05) is 6.07 Å². The first-order chi connectivity index (χ1) is 6.91. The lowest BCUT2D eigenvalue weighted by molar-refractivity contribution is 0.227. The maximum Gasteiger partial charge on any atom is 0.293 e. The molecule has 0 aliphatic rings. The summed E-state index contributed by atoms with van der Waals surface area (Å²) >= 11 is 5.66. The van der Waals surface area contributed by atoms with Crippen molar-refractivity contribution in [2.75, 3.05) is 0 Å². The fraction of sp³-hybridized carbons (Fsp3) is 0.333. The van der Waals surface area contributed by atoms with Gasteiger partial charge in [0.2, 0.25) is 0 Å². The molecule has 0 amide bonds. The first kappa shape index (κ1) is 12.4. The molecule has 2 N–H and O–H groups in total. The van der Waals surface area contributed by atoms with Crippen LogP contribution in [0, 0.1) is 0 Å². The first-order valence-corrected chi connectivity index (χ1v) is 6.17. The van der Waals surface area contributed by atoms with Crippen molar-refractivity contribution in [1.82, 2.24) is 0 Å². The molecule has 1 aromatic rings. The van der Waals surface area contributed by atoms with Crippen molar-refractivity contribution in [2.24, 2.45) is 0 Å². The summed E-state index contributed by atoms with van der Waals surface area (Å²) in [6.45, 7) is 0. The normalized spacial score (nSPS) is 15.9. The minimum absolute atomic E-state index is 0.170. The highest BCUT2D eigenvalue weighted by molar-refractivity contribution is 7.86. The SMILES string of the molecule is O=S(=O)(O)C(O)C(Cl)Cc1ccccc1. The first-order valence-electron chi connectivity index (χ1n) is 4.23. The molecule has 0 radical (unpaired) electrons. The molecular formula is C9H11ClO4S. The highest BCUT2D eigenvalue weighted by Gasteiger charge is 2.28. The van der Waals surface area contributed by atoms with Gasteiger partial charge in [-0.15, -0.1) is 11.6 Å². The Balaban J connectivity index is 2.68. The van der Waals surface area contributed by atoms with E-state index < -0.39 is 20.9 Å². The Morgan fingerprint density at radius 1 is 1.27 bits per heavy atom. The van der Waals surface area contributed by atoms with Gasteiger partial charge in [0.25, 0.3) is 10.1 Å². The molecule has 0 aliphatic carbocycles. The van der Waals surface area contributed by atoms with Crippen LogP contribution in [0.2, 0.25) is 0 Å². The number of hydrogen-bond acceptors (Lipinski definition) is 3. The van der Waals surface area contributed by atoms with Crippen molar-refractivity contribution in [1.29, 1.82) is 0 Å². The van der Waals surface area contributed by atoms with E-state index in [4.69, 9.17) is 21.3 Å². The van der Waals surface area contributed by atoms with E-state index in [1.165, 1.54) is 0 Å². The zero-order valence-corrected chi connectivity index (χ0v) is 9.32. The number of halogens is 1. The molecule has 0 saturated carbocycles. The van der Waals surface area contributed by atoms with Crippen LogP contribution in [0.25, 0.3) is 0 Å². The van der Waals surface area contributed by atoms with Crippen LogP contribution in [0.3, 0.4) is 0 Å². The molecule has 1 rings (SSSR count). The Morgan fingerprint density at radius 2 is 1.80 bits per heavy atom. The maximum absolute atomic E-state index is 10.6. The molecule has 0 heterocycles. The molecule has 6 heteroatoms. The summed E-state index contributed by atoms with van der Waals surface area (Å²) in [6.07, 6.45) is 0.170. The number of aliphatic hydroxyl groups excluding tert-OH is 1. The molecule has 0 saturated heterocycles. The van der Waals surface area contributed by atoms with Gasteiger partial charge < -0.3 is 5.11 Å². The van der Waals surface area contributed by atoms with E-state index in [0.29, 0.717) is 0 Å². The molecule has 0 aromatic heterocycles. The second-order valence-electron chi connectivity index (χ2n) is 3.11. The van der Waals surface area contributed by atoms with E-state index in [2.05, 4.69) is 0 Å². The third-order valence-corrected chi connectivity index (χ3v) is 3.37. The molecule has 15 heavy (non-hydrogen) atoms. The Labute approximate surface area is 93.3 Å². The van der Waals surface area contributed by atoms with Crippen molar-refractivity contribution >= 4 is 21.7 Å². The minimum atomic E-state index is -4.50. The predicted molar refractivity (Wildman–Crippen MR) is 57.3 cm³/mol. The summed E-state index contributed by atoms with van der Waals surface area (Å²) in [5, 5.41) is 8.08. The van der Waals surface area contributed by atoms with Gasteiger partial charge in [0.05, 0.1) is 5.38 Å². The van der Waals surface area contributed by atoms with Crippen molar-refractivity contribution in [3.63, 3.8) is 0 Å². The minimum Gasteiger partial charge on any atom is -0.374 e. The summed E-state index contributed by atoms with van der Waals surface area (Å²) in [6, 6.07) is 8.88. The van der Waals surface area contributed by atoms with Crippen LogP contribution in [-0.4, -0.2) is 28.9 Å². The lowest BCUT2D eigenvalue weighted by Gasteiger charge is -2.13. The zero-order chi connectivity index (χ0) is 11.5. The van der Waals surface area contributed by atoms with Crippen molar-refractivity contribution in [3.05, 3.63) is 35.9 Å². The second kappa shape index (κ2) is 4.94. The van der Waals surface area contributed by atoms with E-state index >= 15 is 0 Å². The standard InChI is InChI=1S/C9H11ClO4S/c10-8(9(11)15(12,13)14)6-7-4-2-1-3-5-7/h1-5,8-9,11H,6H2,(H,12,13,14). The van der Waals surface area contributed by atoms with Crippen LogP contribution in [0.5, 0.6) is 0 Å². The molecule has 0 bridgehead atoms. The maximum atomic E-state index is 10.6. The van der Waals surface area contributed by atoms with E-state index in [9.17, 15) is 8.42 Å². The monoisotopic (exact) mass is 250 g/mol. The molecule has 2 unspecified atom stereocenters. The second-order valence-corrected chi connectivity index (χ2v) is 5.18. The molecule has 0 spiro atoms. The summed E-state index contributed by atoms with van der Waals surface area (Å²) in [5.74, 6) is 0. The third kappa shape index (κ3) is 3.79. The van der Waals surface area contributed by atoms with E-state index in [0.717, 1.165) is 5.56 Å². The van der Waals surface area contributed by atoms with Crippen LogP contribution in [0.15, 0.2) is 30.3 Å². The van der Waals surface area contributed by atoms with Gasteiger partial charge >= 0.3 is 0 Å². The molecule has 0 aliphatic heterocycles. The number of alkyl halides is 1. The number of benzene rings is 1. The smallest absolute Gasteiger partial charge is 0.293 e. The Bertz CT molecular complexity index is 403. The van der Waals surface area contributed by atoms with E-state index in [-0.39, 0.29) is 6.42 Å². The van der Waals surface area contributed by atoms with Gasteiger partial charge in [0.1, 0.15) is 0 Å². The van der Waals surface area contributed by atoms with Crippen molar-refractivity contribution < 1.29 is 18.1 Å². The van der Waals surface area contributed by atoms with Crippen molar-refractivity contribution in [2.45, 2.75) is 17.2 Å². The Morgan fingerprint density at radius 3 is 2.27 bits per heavy atom. The summed E-state index contributed by atoms with van der Waals surface area (Å²) in [7, 11) is -4.50. The van der Waals surface area contributed by atoms with Crippen LogP contribution in [-0.2, 0) is 16.5 Å². The Hall–Kier alpha value is -0.620. The van der Waals surface area contributed by atoms with Gasteiger partial charge in [-0.1, -0.05) is 30.3 Å². The highest BCUT2D eigenvalue weighted by Crippen LogP contribution is 2.14. The van der Waals surface area contributed by atoms with Gasteiger partial charge in [-0.3, -0.25) is 4.55 Å². The zero-order valence-electron chi connectivity index (χ0n) is 7.75. The largest absolute Gasteiger partial charge is 0.374 e. The Kier molecular flexibility index (Phi) is 4.10. The molecule has 4 nitrogen and oxygen atoms in total. The number of hydrogen-bond donors (Lipinski definition) is 2. The lowest BCUT2D eigenvalue weighted by Crippen LogP contribution is -2.31. The van der Waals surface area contributed by atoms with Crippen LogP contribution >= 0.6 is 11.6 Å². The summed E-state index contributed by atoms with van der Waals surface area (Å²) in [4.78, 5) is 0.